The fourth-order valence-electron chi connectivity index (χ4n) is 4.99. The zero-order valence-corrected chi connectivity index (χ0v) is 24.1. The Labute approximate surface area is 246 Å². The molecule has 0 bridgehead atoms. The van der Waals surface area contributed by atoms with Gasteiger partial charge in [0.05, 0.1) is 53.4 Å². The number of imidazole rings is 1. The number of piperidine rings is 1. The van der Waals surface area contributed by atoms with Crippen molar-refractivity contribution < 1.29 is 33.3 Å². The number of esters is 1. The molecular weight excluding hydrogens is 580 g/mol. The number of alkyl halides is 3. The average Bonchev–Trinajstić information content (AvgIpc) is 3.90. The first-order chi connectivity index (χ1) is 19.6. The van der Waals surface area contributed by atoms with E-state index in [1.807, 2.05) is 30.5 Å². The summed E-state index contributed by atoms with van der Waals surface area (Å²) >= 11 is 12.7. The van der Waals surface area contributed by atoms with Crippen LogP contribution in [0.1, 0.15) is 50.3 Å². The highest BCUT2D eigenvalue weighted by Gasteiger charge is 2.40. The number of methoxy groups -OCH3 is 1. The minimum absolute atomic E-state index is 0.475. The summed E-state index contributed by atoms with van der Waals surface area (Å²) in [7, 11) is 0.676. The number of rotatable bonds is 7. The van der Waals surface area contributed by atoms with E-state index in [1.54, 1.807) is 0 Å². The highest BCUT2D eigenvalue weighted by Crippen LogP contribution is 2.41. The van der Waals surface area contributed by atoms with Crippen molar-refractivity contribution in [2.24, 2.45) is 5.92 Å². The number of hydrogen-bond donors (Lipinski definition) is 2. The van der Waals surface area contributed by atoms with Gasteiger partial charge in [0.1, 0.15) is 5.82 Å². The molecule has 1 saturated heterocycles. The molecule has 0 atom stereocenters. The SMILES string of the molecule is COC(=O)C(F)(F)F.Clc1ccc(-c2nc(C3CC[NH2+]CC3)n(CC3CC3)c2-c2ccnc([NH2+]C3CC3)n2)cc1Cl. The minimum Gasteiger partial charge on any atom is -0.462 e. The van der Waals surface area contributed by atoms with Crippen LogP contribution in [0.15, 0.2) is 30.5 Å². The molecule has 0 spiro atoms. The van der Waals surface area contributed by atoms with E-state index < -0.39 is 12.1 Å². The second-order valence-electron chi connectivity index (χ2n) is 10.8. The highest BCUT2D eigenvalue weighted by molar-refractivity contribution is 6.42. The van der Waals surface area contributed by atoms with E-state index in [2.05, 4.69) is 24.9 Å². The molecule has 13 heteroatoms. The van der Waals surface area contributed by atoms with Crippen molar-refractivity contribution in [3.05, 3.63) is 46.3 Å². The molecule has 2 saturated carbocycles. The fraction of sp³-hybridized carbons (Fsp3) is 0.500. The van der Waals surface area contributed by atoms with Gasteiger partial charge >= 0.3 is 18.1 Å². The lowest BCUT2D eigenvalue weighted by atomic mass is 9.97. The van der Waals surface area contributed by atoms with Gasteiger partial charge in [0, 0.05) is 49.9 Å². The van der Waals surface area contributed by atoms with Crippen LogP contribution in [-0.2, 0) is 16.1 Å². The van der Waals surface area contributed by atoms with Gasteiger partial charge in [-0.3, -0.25) is 5.32 Å². The number of ether oxygens (including phenoxy) is 1. The first-order valence-corrected chi connectivity index (χ1v) is 14.6. The molecule has 8 nitrogen and oxygen atoms in total. The van der Waals surface area contributed by atoms with Gasteiger partial charge in [-0.05, 0) is 37.0 Å². The minimum atomic E-state index is -4.85. The van der Waals surface area contributed by atoms with E-state index in [-0.39, 0.29) is 0 Å². The molecular formula is C28H33Cl2F3N6O2+2. The number of aromatic nitrogens is 4. The monoisotopic (exact) mass is 612 g/mol. The fourth-order valence-corrected chi connectivity index (χ4v) is 5.29. The molecule has 220 valence electrons. The molecule has 0 amide bonds. The Morgan fingerprint density at radius 1 is 1.07 bits per heavy atom. The second-order valence-corrected chi connectivity index (χ2v) is 11.6. The third-order valence-electron chi connectivity index (χ3n) is 7.47. The van der Waals surface area contributed by atoms with Crippen LogP contribution in [0.2, 0.25) is 10.0 Å². The standard InChI is InChI=1S/C25H28Cl2N6.C3H3F3O2/c26-19-6-3-17(13-20(19)27)22-23(21-9-12-29-25(31-21)30-18-4-5-18)33(14-15-1-2-15)24(32-22)16-7-10-28-11-8-16;1-8-2(7)3(4,5)6/h3,6,9,12-13,15-16,18,28H,1-2,4-5,7-8,10-11,14H2,(H,29,30,31);1H3/p+2. The van der Waals surface area contributed by atoms with Gasteiger partial charge in [-0.25, -0.2) is 9.78 Å². The van der Waals surface area contributed by atoms with Gasteiger partial charge in [-0.1, -0.05) is 29.3 Å². The summed E-state index contributed by atoms with van der Waals surface area (Å²) in [6.45, 7) is 3.32. The Hall–Kier alpha value is -2.73. The lowest BCUT2D eigenvalue weighted by Gasteiger charge is -2.22. The highest BCUT2D eigenvalue weighted by atomic mass is 35.5. The average molecular weight is 614 g/mol. The van der Waals surface area contributed by atoms with Crippen LogP contribution < -0.4 is 10.6 Å². The van der Waals surface area contributed by atoms with Crippen LogP contribution in [-0.4, -0.2) is 57.9 Å². The molecule has 3 aliphatic rings. The first-order valence-electron chi connectivity index (χ1n) is 13.8. The molecule has 41 heavy (non-hydrogen) atoms. The molecule has 4 N–H and O–H groups in total. The van der Waals surface area contributed by atoms with Crippen molar-refractivity contribution in [2.75, 3.05) is 20.2 Å². The van der Waals surface area contributed by atoms with Gasteiger partial charge in [0.25, 0.3) is 0 Å². The number of carbonyl (C=O) groups is 1. The van der Waals surface area contributed by atoms with Crippen molar-refractivity contribution in [1.82, 2.24) is 19.5 Å². The summed E-state index contributed by atoms with van der Waals surface area (Å²) < 4.78 is 38.8. The summed E-state index contributed by atoms with van der Waals surface area (Å²) in [6.07, 6.45) is 4.42. The Morgan fingerprint density at radius 3 is 2.39 bits per heavy atom. The van der Waals surface area contributed by atoms with E-state index >= 15 is 0 Å². The Morgan fingerprint density at radius 2 is 1.80 bits per heavy atom. The van der Waals surface area contributed by atoms with Crippen molar-refractivity contribution in [1.29, 1.82) is 0 Å². The summed E-state index contributed by atoms with van der Waals surface area (Å²) in [5.74, 6) is 1.06. The summed E-state index contributed by atoms with van der Waals surface area (Å²) in [5, 5.41) is 5.74. The van der Waals surface area contributed by atoms with Crippen molar-refractivity contribution in [3.8, 4) is 22.6 Å². The third-order valence-corrected chi connectivity index (χ3v) is 8.21. The van der Waals surface area contributed by atoms with Gasteiger partial charge < -0.3 is 14.6 Å². The maximum absolute atomic E-state index is 11.0. The van der Waals surface area contributed by atoms with Crippen LogP contribution in [0, 0.1) is 5.92 Å². The van der Waals surface area contributed by atoms with E-state index in [1.165, 1.54) is 31.5 Å². The zero-order valence-electron chi connectivity index (χ0n) is 22.6. The maximum atomic E-state index is 11.0. The lowest BCUT2D eigenvalue weighted by Crippen LogP contribution is -2.86. The maximum Gasteiger partial charge on any atom is 0.490 e. The van der Waals surface area contributed by atoms with Crippen LogP contribution in [0.5, 0.6) is 0 Å². The van der Waals surface area contributed by atoms with Crippen LogP contribution in [0.4, 0.5) is 19.1 Å². The molecule has 2 aliphatic carbocycles. The number of carbonyl (C=O) groups excluding carboxylic acids is 1. The van der Waals surface area contributed by atoms with Crippen molar-refractivity contribution in [3.63, 3.8) is 0 Å². The number of nitrogens with zero attached hydrogens (tertiary/aromatic N) is 4. The number of halogens is 5. The zero-order chi connectivity index (χ0) is 29.1. The molecule has 0 radical (unpaired) electrons. The van der Waals surface area contributed by atoms with Gasteiger partial charge in [-0.15, -0.1) is 0 Å². The lowest BCUT2D eigenvalue weighted by molar-refractivity contribution is -0.663. The van der Waals surface area contributed by atoms with E-state index in [9.17, 15) is 18.0 Å². The molecule has 3 aromatic rings. The van der Waals surface area contributed by atoms with Crippen molar-refractivity contribution >= 4 is 35.1 Å². The molecule has 6 rings (SSSR count). The number of hydrogen-bond acceptors (Lipinski definition) is 5. The van der Waals surface area contributed by atoms with Gasteiger partial charge in [-0.2, -0.15) is 23.1 Å². The molecule has 3 fully saturated rings. The van der Waals surface area contributed by atoms with Gasteiger partial charge in [0.15, 0.2) is 0 Å². The van der Waals surface area contributed by atoms with E-state index in [0.717, 1.165) is 67.0 Å². The summed E-state index contributed by atoms with van der Waals surface area (Å²) in [5.41, 5.74) is 3.98. The van der Waals surface area contributed by atoms with Crippen LogP contribution in [0.3, 0.4) is 0 Å². The van der Waals surface area contributed by atoms with Crippen LogP contribution in [0.25, 0.3) is 22.6 Å². The van der Waals surface area contributed by atoms with Crippen LogP contribution >= 0.6 is 23.2 Å². The molecule has 0 unspecified atom stereocenters. The predicted octanol–water partition coefficient (Wildman–Crippen LogP) is 4.24. The Kier molecular flexibility index (Phi) is 9.18. The topological polar surface area (TPSA) is 103 Å². The molecule has 1 aromatic carbocycles. The smallest absolute Gasteiger partial charge is 0.462 e. The second kappa shape index (κ2) is 12.6. The van der Waals surface area contributed by atoms with E-state index in [0.29, 0.717) is 29.1 Å². The number of benzene rings is 1. The summed E-state index contributed by atoms with van der Waals surface area (Å²) in [6, 6.07) is 8.49. The quantitative estimate of drug-likeness (QED) is 0.388. The first kappa shape index (κ1) is 29.8. The molecule has 3 heterocycles. The largest absolute Gasteiger partial charge is 0.490 e. The van der Waals surface area contributed by atoms with E-state index in [4.69, 9.17) is 33.2 Å². The number of nitrogens with two attached hydrogens (primary N) is 2. The third kappa shape index (κ3) is 7.57. The van der Waals surface area contributed by atoms with Gasteiger partial charge in [0.2, 0.25) is 0 Å². The molecule has 2 aromatic heterocycles. The Balaban J connectivity index is 0.000000372. The number of quaternary nitrogens is 2. The predicted molar refractivity (Wildman–Crippen MR) is 148 cm³/mol. The van der Waals surface area contributed by atoms with Crippen molar-refractivity contribution in [2.45, 2.75) is 63.2 Å². The molecule has 1 aliphatic heterocycles. The normalized spacial score (nSPS) is 17.6. The Bertz CT molecular complexity index is 1390. The summed E-state index contributed by atoms with van der Waals surface area (Å²) in [4.78, 5) is 24.3.